The lowest BCUT2D eigenvalue weighted by atomic mass is 9.75. The smallest absolute Gasteiger partial charge is 0.319 e. The minimum Gasteiger partial charge on any atom is -0.338 e. The van der Waals surface area contributed by atoms with Gasteiger partial charge in [-0.1, -0.05) is 50.1 Å². The van der Waals surface area contributed by atoms with Crippen molar-refractivity contribution in [3.63, 3.8) is 0 Å². The molecule has 1 aliphatic heterocycles. The molecular formula is C23H32ClN3O2. The van der Waals surface area contributed by atoms with Gasteiger partial charge >= 0.3 is 6.03 Å². The molecule has 4 rings (SSSR count). The van der Waals surface area contributed by atoms with Gasteiger partial charge in [0, 0.05) is 24.8 Å². The van der Waals surface area contributed by atoms with Crippen molar-refractivity contribution in [2.24, 2.45) is 11.8 Å². The molecule has 3 amide bonds. The quantitative estimate of drug-likeness (QED) is 0.687. The molecule has 2 N–H and O–H groups in total. The molecule has 1 heterocycles. The first-order chi connectivity index (χ1) is 14.1. The third kappa shape index (κ3) is 5.06. The first-order valence-electron chi connectivity index (χ1n) is 11.3. The second kappa shape index (κ2) is 9.38. The van der Waals surface area contributed by atoms with Crippen molar-refractivity contribution in [1.29, 1.82) is 0 Å². The van der Waals surface area contributed by atoms with Crippen LogP contribution < -0.4 is 10.6 Å². The van der Waals surface area contributed by atoms with Crippen molar-refractivity contribution in [3.05, 3.63) is 28.8 Å². The van der Waals surface area contributed by atoms with Crippen LogP contribution in [0.25, 0.3) is 0 Å². The van der Waals surface area contributed by atoms with Gasteiger partial charge in [-0.3, -0.25) is 4.79 Å². The molecule has 1 aromatic rings. The second-order valence-corrected chi connectivity index (χ2v) is 9.38. The maximum atomic E-state index is 13.0. The summed E-state index contributed by atoms with van der Waals surface area (Å²) >= 11 is 6.44. The molecule has 0 bridgehead atoms. The molecule has 5 nitrogen and oxygen atoms in total. The zero-order valence-electron chi connectivity index (χ0n) is 17.1. The van der Waals surface area contributed by atoms with Crippen LogP contribution in [0.5, 0.6) is 0 Å². The lowest BCUT2D eigenvalue weighted by molar-refractivity contribution is 0.0521. The first-order valence-corrected chi connectivity index (χ1v) is 11.6. The molecule has 1 saturated heterocycles. The van der Waals surface area contributed by atoms with Crippen LogP contribution in [0.4, 0.5) is 10.5 Å². The number of likely N-dealkylation sites (tertiary alicyclic amines) is 1. The van der Waals surface area contributed by atoms with E-state index in [1.54, 1.807) is 18.2 Å². The molecule has 1 aromatic carbocycles. The van der Waals surface area contributed by atoms with Crippen molar-refractivity contribution in [1.82, 2.24) is 10.2 Å². The summed E-state index contributed by atoms with van der Waals surface area (Å²) in [5.74, 6) is 1.44. The zero-order valence-corrected chi connectivity index (χ0v) is 17.8. The van der Waals surface area contributed by atoms with Crippen molar-refractivity contribution < 1.29 is 9.59 Å². The molecule has 0 radical (unpaired) electrons. The number of carbonyl (C=O) groups is 2. The van der Waals surface area contributed by atoms with Gasteiger partial charge in [0.05, 0.1) is 10.6 Å². The van der Waals surface area contributed by atoms with E-state index in [2.05, 4.69) is 10.6 Å². The van der Waals surface area contributed by atoms with Crippen LogP contribution in [0.2, 0.25) is 5.02 Å². The Morgan fingerprint density at radius 2 is 1.66 bits per heavy atom. The predicted molar refractivity (Wildman–Crippen MR) is 116 cm³/mol. The number of amides is 3. The normalized spacial score (nSPS) is 25.2. The van der Waals surface area contributed by atoms with Crippen molar-refractivity contribution in [3.8, 4) is 0 Å². The standard InChI is InChI=1S/C23H32ClN3O2/c24-21-14-19(26-23(29)25-18-8-2-1-3-9-18)10-11-20(21)22(28)27-13-12-16-6-4-5-7-17(16)15-27/h10-11,14,16-18H,1-9,12-13,15H2,(H2,25,26,29)/t16-,17+/m1/s1. The number of nitrogens with zero attached hydrogens (tertiary/aromatic N) is 1. The van der Waals surface area contributed by atoms with Crippen LogP contribution in [-0.2, 0) is 0 Å². The van der Waals surface area contributed by atoms with Gasteiger partial charge in [0.1, 0.15) is 0 Å². The minimum absolute atomic E-state index is 0.0113. The number of halogens is 1. The van der Waals surface area contributed by atoms with Gasteiger partial charge in [0.15, 0.2) is 0 Å². The fraction of sp³-hybridized carbons (Fsp3) is 0.652. The van der Waals surface area contributed by atoms with Gasteiger partial charge in [0.25, 0.3) is 5.91 Å². The van der Waals surface area contributed by atoms with Gasteiger partial charge < -0.3 is 15.5 Å². The van der Waals surface area contributed by atoms with Crippen molar-refractivity contribution in [2.45, 2.75) is 70.3 Å². The molecule has 0 aromatic heterocycles. The third-order valence-corrected chi connectivity index (χ3v) is 7.29. The number of carbonyl (C=O) groups excluding carboxylic acids is 2. The Morgan fingerprint density at radius 3 is 2.41 bits per heavy atom. The van der Waals surface area contributed by atoms with Crippen LogP contribution in [0, 0.1) is 11.8 Å². The van der Waals surface area contributed by atoms with Crippen molar-refractivity contribution >= 4 is 29.2 Å². The van der Waals surface area contributed by atoms with Crippen LogP contribution >= 0.6 is 11.6 Å². The molecular weight excluding hydrogens is 386 g/mol. The number of rotatable bonds is 3. The van der Waals surface area contributed by atoms with Crippen LogP contribution in [0.1, 0.15) is 74.6 Å². The summed E-state index contributed by atoms with van der Waals surface area (Å²) in [6.45, 7) is 1.67. The molecule has 0 unspecified atom stereocenters. The van der Waals surface area contributed by atoms with Gasteiger partial charge in [-0.25, -0.2) is 4.79 Å². The summed E-state index contributed by atoms with van der Waals surface area (Å²) in [7, 11) is 0. The molecule has 158 valence electrons. The minimum atomic E-state index is -0.202. The van der Waals surface area contributed by atoms with Gasteiger partial charge in [-0.05, 0) is 55.7 Å². The molecule has 3 aliphatic rings. The summed E-state index contributed by atoms with van der Waals surface area (Å²) in [5, 5.41) is 6.29. The number of hydrogen-bond donors (Lipinski definition) is 2. The molecule has 3 fully saturated rings. The summed E-state index contributed by atoms with van der Waals surface area (Å²) in [5.41, 5.74) is 1.14. The highest BCUT2D eigenvalue weighted by Crippen LogP contribution is 2.36. The first kappa shape index (κ1) is 20.5. The Balaban J connectivity index is 1.35. The van der Waals surface area contributed by atoms with E-state index in [4.69, 9.17) is 11.6 Å². The summed E-state index contributed by atoms with van der Waals surface area (Å²) < 4.78 is 0. The number of nitrogens with one attached hydrogen (secondary N) is 2. The Morgan fingerprint density at radius 1 is 0.931 bits per heavy atom. The molecule has 2 aliphatic carbocycles. The lowest BCUT2D eigenvalue weighted by Crippen LogP contribution is -2.44. The number of fused-ring (bicyclic) bond motifs is 1. The van der Waals surface area contributed by atoms with E-state index in [9.17, 15) is 9.59 Å². The Hall–Kier alpha value is -1.75. The van der Waals surface area contributed by atoms with Gasteiger partial charge in [-0.2, -0.15) is 0 Å². The number of urea groups is 1. The topological polar surface area (TPSA) is 61.4 Å². The van der Waals surface area contributed by atoms with E-state index in [-0.39, 0.29) is 18.0 Å². The van der Waals surface area contributed by atoms with Crippen LogP contribution in [-0.4, -0.2) is 36.0 Å². The maximum absolute atomic E-state index is 13.0. The fourth-order valence-electron chi connectivity index (χ4n) is 5.32. The summed E-state index contributed by atoms with van der Waals surface area (Å²) in [6.07, 6.45) is 12.0. The van der Waals surface area contributed by atoms with Gasteiger partial charge in [-0.15, -0.1) is 0 Å². The van der Waals surface area contributed by atoms with E-state index in [1.807, 2.05) is 4.90 Å². The van der Waals surface area contributed by atoms with E-state index < -0.39 is 0 Å². The third-order valence-electron chi connectivity index (χ3n) is 6.98. The number of anilines is 1. The predicted octanol–water partition coefficient (Wildman–Crippen LogP) is 5.45. The molecule has 6 heteroatoms. The number of hydrogen-bond acceptors (Lipinski definition) is 2. The lowest BCUT2D eigenvalue weighted by Gasteiger charge is -2.41. The number of piperidine rings is 1. The Kier molecular flexibility index (Phi) is 6.63. The molecule has 29 heavy (non-hydrogen) atoms. The SMILES string of the molecule is O=C(Nc1ccc(C(=O)N2CC[C@H]3CCCC[C@H]3C2)c(Cl)c1)NC1CCCCC1. The molecule has 2 saturated carbocycles. The highest BCUT2D eigenvalue weighted by atomic mass is 35.5. The molecule has 2 atom stereocenters. The average Bonchev–Trinajstić information content (AvgIpc) is 2.73. The van der Waals surface area contributed by atoms with Crippen LogP contribution in [0.3, 0.4) is 0 Å². The van der Waals surface area contributed by atoms with E-state index in [0.717, 1.165) is 38.3 Å². The van der Waals surface area contributed by atoms with E-state index in [0.29, 0.717) is 22.2 Å². The second-order valence-electron chi connectivity index (χ2n) is 8.97. The Labute approximate surface area is 178 Å². The fourth-order valence-corrected chi connectivity index (χ4v) is 5.58. The van der Waals surface area contributed by atoms with E-state index in [1.165, 1.54) is 44.9 Å². The molecule has 0 spiro atoms. The Bertz CT molecular complexity index is 748. The average molecular weight is 418 g/mol. The monoisotopic (exact) mass is 417 g/mol. The van der Waals surface area contributed by atoms with Crippen molar-refractivity contribution in [2.75, 3.05) is 18.4 Å². The summed E-state index contributed by atoms with van der Waals surface area (Å²) in [6, 6.07) is 5.25. The maximum Gasteiger partial charge on any atom is 0.319 e. The summed E-state index contributed by atoms with van der Waals surface area (Å²) in [4.78, 5) is 27.3. The number of benzene rings is 1. The highest BCUT2D eigenvalue weighted by Gasteiger charge is 2.33. The largest absolute Gasteiger partial charge is 0.338 e. The zero-order chi connectivity index (χ0) is 20.2. The van der Waals surface area contributed by atoms with Crippen LogP contribution in [0.15, 0.2) is 18.2 Å². The van der Waals surface area contributed by atoms with E-state index >= 15 is 0 Å². The highest BCUT2D eigenvalue weighted by molar-refractivity contribution is 6.34. The van der Waals surface area contributed by atoms with Gasteiger partial charge in [0.2, 0.25) is 0 Å².